The smallest absolute Gasteiger partial charge is 0.270 e. The van der Waals surface area contributed by atoms with E-state index in [4.69, 9.17) is 0 Å². The van der Waals surface area contributed by atoms with Crippen molar-refractivity contribution in [1.29, 1.82) is 0 Å². The van der Waals surface area contributed by atoms with Crippen LogP contribution in [0.1, 0.15) is 86.1 Å². The Labute approximate surface area is 156 Å². The second-order valence-corrected chi connectivity index (χ2v) is 8.75. The number of Topliss-reactive ketones (excluding diaryl/α,β-unsaturated/α-hetero) is 1. The quantitative estimate of drug-likeness (QED) is 0.785. The zero-order valence-corrected chi connectivity index (χ0v) is 16.1. The van der Waals surface area contributed by atoms with Gasteiger partial charge in [0.2, 0.25) is 0 Å². The topological polar surface area (TPSA) is 73.4 Å². The molecule has 1 saturated carbocycles. The first-order chi connectivity index (χ1) is 12.3. The summed E-state index contributed by atoms with van der Waals surface area (Å²) in [4.78, 5) is 30.2. The number of H-pyrrole nitrogens is 1. The van der Waals surface area contributed by atoms with E-state index in [2.05, 4.69) is 4.98 Å². The minimum absolute atomic E-state index is 0.0191. The molecule has 2 N–H and O–H groups in total. The number of rotatable bonds is 5. The van der Waals surface area contributed by atoms with Gasteiger partial charge in [-0.3, -0.25) is 9.59 Å². The van der Waals surface area contributed by atoms with E-state index in [9.17, 15) is 14.7 Å². The molecule has 2 aliphatic rings. The van der Waals surface area contributed by atoms with Gasteiger partial charge in [0.25, 0.3) is 5.91 Å². The van der Waals surface area contributed by atoms with Crippen LogP contribution in [0.3, 0.4) is 0 Å². The lowest BCUT2D eigenvalue weighted by atomic mass is 9.84. The van der Waals surface area contributed by atoms with E-state index >= 15 is 0 Å². The highest BCUT2D eigenvalue weighted by atomic mass is 16.3. The van der Waals surface area contributed by atoms with Gasteiger partial charge in [-0.05, 0) is 57.9 Å². The molecule has 5 heteroatoms. The molecule has 0 atom stereocenters. The van der Waals surface area contributed by atoms with Crippen LogP contribution in [0, 0.1) is 11.8 Å². The van der Waals surface area contributed by atoms with Crippen LogP contribution >= 0.6 is 0 Å². The van der Waals surface area contributed by atoms with E-state index in [1.807, 2.05) is 18.7 Å². The highest BCUT2D eigenvalue weighted by molar-refractivity contribution is 6.01. The van der Waals surface area contributed by atoms with Crippen molar-refractivity contribution in [2.45, 2.75) is 70.8 Å². The third-order valence-electron chi connectivity index (χ3n) is 5.86. The molecular formula is C21H32N2O3. The lowest BCUT2D eigenvalue weighted by molar-refractivity contribution is 0.0357. The molecule has 1 saturated heterocycles. The molecule has 0 aromatic carbocycles. The van der Waals surface area contributed by atoms with E-state index < -0.39 is 5.60 Å². The first kappa shape index (κ1) is 19.2. The van der Waals surface area contributed by atoms with Crippen LogP contribution in [0.15, 0.2) is 12.3 Å². The molecule has 0 spiro atoms. The lowest BCUT2D eigenvalue weighted by Crippen LogP contribution is -2.40. The van der Waals surface area contributed by atoms with Gasteiger partial charge >= 0.3 is 0 Å². The number of piperidine rings is 1. The lowest BCUT2D eigenvalue weighted by Gasteiger charge is -2.34. The van der Waals surface area contributed by atoms with Crippen molar-refractivity contribution in [1.82, 2.24) is 9.88 Å². The van der Waals surface area contributed by atoms with E-state index in [1.54, 1.807) is 12.3 Å². The first-order valence-corrected chi connectivity index (χ1v) is 10.1. The summed E-state index contributed by atoms with van der Waals surface area (Å²) in [5.74, 6) is 0.754. The van der Waals surface area contributed by atoms with Gasteiger partial charge in [-0.1, -0.05) is 19.3 Å². The fourth-order valence-corrected chi connectivity index (χ4v) is 4.48. The Morgan fingerprint density at radius 3 is 2.42 bits per heavy atom. The molecule has 2 fully saturated rings. The molecule has 0 unspecified atom stereocenters. The summed E-state index contributed by atoms with van der Waals surface area (Å²) in [7, 11) is 0. The number of nitrogens with zero attached hydrogens (tertiary/aromatic N) is 1. The number of ketones is 1. The summed E-state index contributed by atoms with van der Waals surface area (Å²) in [6, 6.07) is 1.74. The molecule has 0 radical (unpaired) electrons. The van der Waals surface area contributed by atoms with Crippen LogP contribution in [0.2, 0.25) is 0 Å². The highest BCUT2D eigenvalue weighted by Crippen LogP contribution is 2.28. The van der Waals surface area contributed by atoms with Gasteiger partial charge in [-0.15, -0.1) is 0 Å². The van der Waals surface area contributed by atoms with E-state index in [1.165, 1.54) is 6.42 Å². The molecule has 2 heterocycles. The van der Waals surface area contributed by atoms with E-state index in [0.29, 0.717) is 30.3 Å². The highest BCUT2D eigenvalue weighted by Gasteiger charge is 2.29. The molecule has 26 heavy (non-hydrogen) atoms. The molecule has 1 aromatic rings. The van der Waals surface area contributed by atoms with Crippen LogP contribution in [0.4, 0.5) is 0 Å². The minimum atomic E-state index is -0.648. The summed E-state index contributed by atoms with van der Waals surface area (Å²) < 4.78 is 0. The van der Waals surface area contributed by atoms with Crippen LogP contribution in [-0.4, -0.2) is 45.4 Å². The number of hydrogen-bond acceptors (Lipinski definition) is 3. The summed E-state index contributed by atoms with van der Waals surface area (Å²) in [6.07, 6.45) is 9.75. The number of amides is 1. The Morgan fingerprint density at radius 2 is 1.81 bits per heavy atom. The van der Waals surface area contributed by atoms with Crippen molar-refractivity contribution in [2.75, 3.05) is 13.1 Å². The van der Waals surface area contributed by atoms with Gasteiger partial charge in [0, 0.05) is 30.8 Å². The van der Waals surface area contributed by atoms with Crippen molar-refractivity contribution in [3.8, 4) is 0 Å². The molecular weight excluding hydrogens is 328 g/mol. The van der Waals surface area contributed by atoms with Crippen LogP contribution < -0.4 is 0 Å². The molecule has 0 bridgehead atoms. The summed E-state index contributed by atoms with van der Waals surface area (Å²) in [5, 5.41) is 9.97. The predicted molar refractivity (Wildman–Crippen MR) is 101 cm³/mol. The zero-order chi connectivity index (χ0) is 18.7. The molecule has 1 aliphatic heterocycles. The third-order valence-corrected chi connectivity index (χ3v) is 5.86. The Hall–Kier alpha value is -1.62. The maximum Gasteiger partial charge on any atom is 0.270 e. The zero-order valence-electron chi connectivity index (χ0n) is 16.1. The number of hydrogen-bond donors (Lipinski definition) is 2. The number of aromatic amines is 1. The van der Waals surface area contributed by atoms with Crippen molar-refractivity contribution in [3.05, 3.63) is 23.5 Å². The van der Waals surface area contributed by atoms with Crippen LogP contribution in [0.5, 0.6) is 0 Å². The van der Waals surface area contributed by atoms with E-state index in [0.717, 1.165) is 44.9 Å². The summed E-state index contributed by atoms with van der Waals surface area (Å²) in [6.45, 7) is 5.11. The number of likely N-dealkylation sites (tertiary alicyclic amines) is 1. The Kier molecular flexibility index (Phi) is 5.86. The second kappa shape index (κ2) is 7.95. The van der Waals surface area contributed by atoms with Crippen LogP contribution in [-0.2, 0) is 0 Å². The number of aliphatic hydroxyl groups is 1. The molecule has 1 aromatic heterocycles. The number of aromatic nitrogens is 1. The fraction of sp³-hybridized carbons (Fsp3) is 0.714. The van der Waals surface area contributed by atoms with E-state index in [-0.39, 0.29) is 17.6 Å². The van der Waals surface area contributed by atoms with Gasteiger partial charge in [-0.25, -0.2) is 0 Å². The SMILES string of the molecule is CC(C)(O)CC1CCN(C(=O)c2cc(C(=O)C3CCCCC3)c[nH]2)CC1. The predicted octanol–water partition coefficient (Wildman–Crippen LogP) is 3.79. The first-order valence-electron chi connectivity index (χ1n) is 10.1. The number of carbonyl (C=O) groups excluding carboxylic acids is 2. The minimum Gasteiger partial charge on any atom is -0.390 e. The molecule has 5 nitrogen and oxygen atoms in total. The number of nitrogens with one attached hydrogen (secondary N) is 1. The fourth-order valence-electron chi connectivity index (χ4n) is 4.48. The Morgan fingerprint density at radius 1 is 1.15 bits per heavy atom. The Balaban J connectivity index is 1.56. The van der Waals surface area contributed by atoms with Gasteiger partial charge in [0.05, 0.1) is 5.60 Å². The van der Waals surface area contributed by atoms with Gasteiger partial charge < -0.3 is 15.0 Å². The average Bonchev–Trinajstić information content (AvgIpc) is 3.10. The monoisotopic (exact) mass is 360 g/mol. The Bertz CT molecular complexity index is 630. The average molecular weight is 360 g/mol. The second-order valence-electron chi connectivity index (χ2n) is 8.75. The maximum absolute atomic E-state index is 12.7. The largest absolute Gasteiger partial charge is 0.390 e. The molecule has 3 rings (SSSR count). The third kappa shape index (κ3) is 4.76. The van der Waals surface area contributed by atoms with Gasteiger partial charge in [0.1, 0.15) is 5.69 Å². The van der Waals surface area contributed by atoms with Crippen molar-refractivity contribution in [3.63, 3.8) is 0 Å². The van der Waals surface area contributed by atoms with Crippen LogP contribution in [0.25, 0.3) is 0 Å². The van der Waals surface area contributed by atoms with Gasteiger partial charge in [-0.2, -0.15) is 0 Å². The molecule has 1 amide bonds. The summed E-state index contributed by atoms with van der Waals surface area (Å²) in [5.41, 5.74) is 0.521. The number of carbonyl (C=O) groups is 2. The van der Waals surface area contributed by atoms with Gasteiger partial charge in [0.15, 0.2) is 5.78 Å². The summed E-state index contributed by atoms with van der Waals surface area (Å²) >= 11 is 0. The molecule has 1 aliphatic carbocycles. The standard InChI is InChI=1S/C21H32N2O3/c1-21(2,26)13-15-8-10-23(11-9-15)20(25)18-12-17(14-22-18)19(24)16-6-4-3-5-7-16/h12,14-16,22,26H,3-11,13H2,1-2H3. The normalized spacial score (nSPS) is 20.3. The van der Waals surface area contributed by atoms with Crippen molar-refractivity contribution in [2.24, 2.45) is 11.8 Å². The van der Waals surface area contributed by atoms with Crippen molar-refractivity contribution >= 4 is 11.7 Å². The van der Waals surface area contributed by atoms with Crippen molar-refractivity contribution < 1.29 is 14.7 Å². The molecule has 144 valence electrons. The maximum atomic E-state index is 12.7.